The number of carbonyl (C=O) groups excluding carboxylic acids is 1. The van der Waals surface area contributed by atoms with Crippen molar-refractivity contribution < 1.29 is 9.53 Å². The number of methoxy groups -OCH3 is 1. The fourth-order valence-electron chi connectivity index (χ4n) is 2.74. The van der Waals surface area contributed by atoms with Gasteiger partial charge < -0.3 is 10.1 Å². The molecule has 19 heavy (non-hydrogen) atoms. The highest BCUT2D eigenvalue weighted by molar-refractivity contribution is 9.10. The van der Waals surface area contributed by atoms with Gasteiger partial charge in [-0.1, -0.05) is 15.9 Å². The zero-order chi connectivity index (χ0) is 13.8. The summed E-state index contributed by atoms with van der Waals surface area (Å²) in [5.41, 5.74) is 0.699. The Labute approximate surface area is 122 Å². The minimum Gasteiger partial charge on any atom is -0.496 e. The lowest BCUT2D eigenvalue weighted by Gasteiger charge is -2.27. The Morgan fingerprint density at radius 1 is 1.32 bits per heavy atom. The summed E-state index contributed by atoms with van der Waals surface area (Å²) < 4.78 is 6.22. The van der Waals surface area contributed by atoms with Crippen molar-refractivity contribution in [3.05, 3.63) is 28.2 Å². The van der Waals surface area contributed by atoms with Crippen LogP contribution in [-0.2, 0) is 0 Å². The molecule has 3 nitrogen and oxygen atoms in total. The maximum absolute atomic E-state index is 12.6. The second-order valence-corrected chi connectivity index (χ2v) is 5.96. The Morgan fingerprint density at radius 2 is 2.00 bits per heavy atom. The first-order valence-electron chi connectivity index (χ1n) is 6.70. The maximum Gasteiger partial charge on any atom is 0.169 e. The van der Waals surface area contributed by atoms with Crippen molar-refractivity contribution in [1.82, 2.24) is 5.32 Å². The number of ketones is 1. The highest BCUT2D eigenvalue weighted by Crippen LogP contribution is 2.31. The standard InChI is InChI=1S/C15H20BrNO2/c1-17-12-6-3-10(4-7-12)15(18)13-9-11(16)5-8-14(13)19-2/h5,8-10,12,17H,3-4,6-7H2,1-2H3. The van der Waals surface area contributed by atoms with Crippen LogP contribution in [0.1, 0.15) is 36.0 Å². The lowest BCUT2D eigenvalue weighted by molar-refractivity contribution is 0.0877. The van der Waals surface area contributed by atoms with Crippen molar-refractivity contribution >= 4 is 21.7 Å². The van der Waals surface area contributed by atoms with Gasteiger partial charge in [-0.05, 0) is 50.9 Å². The molecule has 0 bridgehead atoms. The minimum absolute atomic E-state index is 0.132. The molecule has 0 saturated heterocycles. The average Bonchev–Trinajstić information content (AvgIpc) is 2.46. The quantitative estimate of drug-likeness (QED) is 0.862. The first kappa shape index (κ1) is 14.5. The summed E-state index contributed by atoms with van der Waals surface area (Å²) in [6, 6.07) is 6.17. The van der Waals surface area contributed by atoms with Crippen molar-refractivity contribution in [2.75, 3.05) is 14.2 Å². The Hall–Kier alpha value is -0.870. The van der Waals surface area contributed by atoms with Crippen molar-refractivity contribution in [3.63, 3.8) is 0 Å². The molecule has 0 aliphatic heterocycles. The van der Waals surface area contributed by atoms with Gasteiger partial charge >= 0.3 is 0 Å². The Balaban J connectivity index is 2.14. The number of carbonyl (C=O) groups is 1. The van der Waals surface area contributed by atoms with Crippen molar-refractivity contribution in [2.24, 2.45) is 5.92 Å². The zero-order valence-electron chi connectivity index (χ0n) is 11.4. The van der Waals surface area contributed by atoms with Gasteiger partial charge in [-0.25, -0.2) is 0 Å². The van der Waals surface area contributed by atoms with E-state index in [1.165, 1.54) is 0 Å². The topological polar surface area (TPSA) is 38.3 Å². The van der Waals surface area contributed by atoms with E-state index in [0.717, 1.165) is 30.2 Å². The molecule has 1 aliphatic carbocycles. The Morgan fingerprint density at radius 3 is 2.58 bits per heavy atom. The number of ether oxygens (including phenoxy) is 1. The van der Waals surface area contributed by atoms with E-state index in [2.05, 4.69) is 21.2 Å². The van der Waals surface area contributed by atoms with Gasteiger partial charge in [-0.3, -0.25) is 4.79 Å². The normalized spacial score (nSPS) is 23.1. The van der Waals surface area contributed by atoms with Gasteiger partial charge in [-0.2, -0.15) is 0 Å². The lowest BCUT2D eigenvalue weighted by atomic mass is 9.81. The van der Waals surface area contributed by atoms with Crippen molar-refractivity contribution in [3.8, 4) is 5.75 Å². The number of hydrogen-bond donors (Lipinski definition) is 1. The SMILES string of the molecule is CNC1CCC(C(=O)c2cc(Br)ccc2OC)CC1. The smallest absolute Gasteiger partial charge is 0.169 e. The number of rotatable bonds is 4. The van der Waals surface area contributed by atoms with Crippen LogP contribution in [0.2, 0.25) is 0 Å². The van der Waals surface area contributed by atoms with E-state index in [1.807, 2.05) is 25.2 Å². The lowest BCUT2D eigenvalue weighted by Crippen LogP contribution is -2.32. The predicted molar refractivity (Wildman–Crippen MR) is 79.8 cm³/mol. The summed E-state index contributed by atoms with van der Waals surface area (Å²) >= 11 is 3.42. The van der Waals surface area contributed by atoms with Crippen LogP contribution in [0.5, 0.6) is 5.75 Å². The molecule has 1 aliphatic rings. The van der Waals surface area contributed by atoms with Crippen LogP contribution in [0.3, 0.4) is 0 Å². The summed E-state index contributed by atoms with van der Waals surface area (Å²) in [6.45, 7) is 0. The van der Waals surface area contributed by atoms with Crippen LogP contribution in [0, 0.1) is 5.92 Å². The number of halogens is 1. The van der Waals surface area contributed by atoms with Gasteiger partial charge in [0.15, 0.2) is 5.78 Å². The summed E-state index contributed by atoms with van der Waals surface area (Å²) in [4.78, 5) is 12.6. The van der Waals surface area contributed by atoms with Gasteiger partial charge in [0, 0.05) is 16.4 Å². The first-order valence-corrected chi connectivity index (χ1v) is 7.50. The number of benzene rings is 1. The van der Waals surface area contributed by atoms with Crippen LogP contribution in [0.4, 0.5) is 0 Å². The predicted octanol–water partition coefficient (Wildman–Crippen LogP) is 3.42. The molecule has 1 N–H and O–H groups in total. The molecule has 0 atom stereocenters. The minimum atomic E-state index is 0.132. The highest BCUT2D eigenvalue weighted by atomic mass is 79.9. The van der Waals surface area contributed by atoms with E-state index < -0.39 is 0 Å². The largest absolute Gasteiger partial charge is 0.496 e. The molecule has 0 spiro atoms. The van der Waals surface area contributed by atoms with E-state index in [0.29, 0.717) is 17.4 Å². The number of nitrogens with one attached hydrogen (secondary N) is 1. The van der Waals surface area contributed by atoms with Crippen LogP contribution in [-0.4, -0.2) is 26.0 Å². The van der Waals surface area contributed by atoms with Gasteiger partial charge in [-0.15, -0.1) is 0 Å². The molecule has 0 radical (unpaired) electrons. The summed E-state index contributed by atoms with van der Waals surface area (Å²) in [6.07, 6.45) is 4.06. The third-order valence-electron chi connectivity index (χ3n) is 3.93. The third kappa shape index (κ3) is 3.37. The molecule has 1 saturated carbocycles. The van der Waals surface area contributed by atoms with E-state index in [-0.39, 0.29) is 11.7 Å². The van der Waals surface area contributed by atoms with Crippen LogP contribution < -0.4 is 10.1 Å². The molecule has 0 amide bonds. The molecule has 0 aromatic heterocycles. The monoisotopic (exact) mass is 325 g/mol. The highest BCUT2D eigenvalue weighted by Gasteiger charge is 2.28. The first-order chi connectivity index (χ1) is 9.15. The second kappa shape index (κ2) is 6.53. The zero-order valence-corrected chi connectivity index (χ0v) is 13.0. The molecular weight excluding hydrogens is 306 g/mol. The van der Waals surface area contributed by atoms with Crippen LogP contribution >= 0.6 is 15.9 Å². The van der Waals surface area contributed by atoms with E-state index in [1.54, 1.807) is 7.11 Å². The number of hydrogen-bond acceptors (Lipinski definition) is 3. The molecule has 2 rings (SSSR count). The van der Waals surface area contributed by atoms with Gasteiger partial charge in [0.1, 0.15) is 5.75 Å². The third-order valence-corrected chi connectivity index (χ3v) is 4.43. The van der Waals surface area contributed by atoms with Crippen molar-refractivity contribution in [1.29, 1.82) is 0 Å². The maximum atomic E-state index is 12.6. The van der Waals surface area contributed by atoms with Gasteiger partial charge in [0.05, 0.1) is 12.7 Å². The fraction of sp³-hybridized carbons (Fsp3) is 0.533. The molecule has 0 heterocycles. The summed E-state index contributed by atoms with van der Waals surface area (Å²) in [5.74, 6) is 1.02. The molecule has 104 valence electrons. The molecule has 1 aromatic carbocycles. The van der Waals surface area contributed by atoms with Crippen molar-refractivity contribution in [2.45, 2.75) is 31.7 Å². The molecular formula is C15H20BrNO2. The van der Waals surface area contributed by atoms with E-state index in [4.69, 9.17) is 4.74 Å². The van der Waals surface area contributed by atoms with Gasteiger partial charge in [0.25, 0.3) is 0 Å². The van der Waals surface area contributed by atoms with Crippen LogP contribution in [0.25, 0.3) is 0 Å². The average molecular weight is 326 g/mol. The fourth-order valence-corrected chi connectivity index (χ4v) is 3.10. The summed E-state index contributed by atoms with van der Waals surface area (Å²) in [5, 5.41) is 3.29. The molecule has 1 aromatic rings. The Bertz CT molecular complexity index is 453. The molecule has 0 unspecified atom stereocenters. The van der Waals surface area contributed by atoms with E-state index >= 15 is 0 Å². The summed E-state index contributed by atoms with van der Waals surface area (Å²) in [7, 11) is 3.60. The van der Waals surface area contributed by atoms with E-state index in [9.17, 15) is 4.79 Å². The molecule has 1 fully saturated rings. The number of Topliss-reactive ketones (excluding diaryl/α,β-unsaturated/α-hetero) is 1. The molecule has 4 heteroatoms. The second-order valence-electron chi connectivity index (χ2n) is 5.05. The van der Waals surface area contributed by atoms with Gasteiger partial charge in [0.2, 0.25) is 0 Å². The van der Waals surface area contributed by atoms with Crippen LogP contribution in [0.15, 0.2) is 22.7 Å². The Kier molecular flexibility index (Phi) is 4.99.